The van der Waals surface area contributed by atoms with Crippen molar-refractivity contribution in [2.45, 2.75) is 6.92 Å². The van der Waals surface area contributed by atoms with E-state index in [0.29, 0.717) is 26.9 Å². The second-order valence-electron chi connectivity index (χ2n) is 4.03. The van der Waals surface area contributed by atoms with Gasteiger partial charge in [-0.3, -0.25) is 4.79 Å². The Morgan fingerprint density at radius 2 is 1.61 bits per heavy atom. The minimum absolute atomic E-state index is 0.125. The molecule has 0 saturated heterocycles. The molecule has 2 aromatic carbocycles. The van der Waals surface area contributed by atoms with E-state index in [1.54, 1.807) is 30.3 Å². The molecule has 0 saturated carbocycles. The predicted octanol–water partition coefficient (Wildman–Crippen LogP) is 4.12. The van der Waals surface area contributed by atoms with Gasteiger partial charge in [0, 0.05) is 16.1 Å². The molecule has 4 heteroatoms. The van der Waals surface area contributed by atoms with Crippen LogP contribution < -0.4 is 5.73 Å². The maximum Gasteiger partial charge on any atom is 0.193 e. The van der Waals surface area contributed by atoms with E-state index >= 15 is 0 Å². The van der Waals surface area contributed by atoms with Crippen LogP contribution in [0, 0.1) is 6.92 Å². The first-order valence-electron chi connectivity index (χ1n) is 5.35. The van der Waals surface area contributed by atoms with Crippen LogP contribution in [0.4, 0.5) is 5.69 Å². The number of halogens is 2. The van der Waals surface area contributed by atoms with Gasteiger partial charge in [0.25, 0.3) is 0 Å². The fraction of sp³-hybridized carbons (Fsp3) is 0.0714. The third kappa shape index (κ3) is 2.50. The summed E-state index contributed by atoms with van der Waals surface area (Å²) in [7, 11) is 0. The summed E-state index contributed by atoms with van der Waals surface area (Å²) in [6, 6.07) is 10.0. The van der Waals surface area contributed by atoms with Crippen LogP contribution in [0.15, 0.2) is 36.4 Å². The van der Waals surface area contributed by atoms with E-state index < -0.39 is 0 Å². The highest BCUT2D eigenvalue weighted by Gasteiger charge is 2.11. The van der Waals surface area contributed by atoms with E-state index in [2.05, 4.69) is 0 Å². The molecule has 0 radical (unpaired) electrons. The van der Waals surface area contributed by atoms with E-state index in [9.17, 15) is 4.79 Å². The second kappa shape index (κ2) is 5.01. The number of rotatable bonds is 2. The van der Waals surface area contributed by atoms with Crippen LogP contribution in [0.5, 0.6) is 0 Å². The molecule has 0 aromatic heterocycles. The third-order valence-corrected chi connectivity index (χ3v) is 3.44. The molecular weight excluding hydrogens is 269 g/mol. The van der Waals surface area contributed by atoms with Crippen molar-refractivity contribution < 1.29 is 4.79 Å². The number of carbonyl (C=O) groups excluding carboxylic acids is 1. The third-order valence-electron chi connectivity index (χ3n) is 2.69. The van der Waals surface area contributed by atoms with Crippen molar-refractivity contribution in [3.63, 3.8) is 0 Å². The number of nitrogen functional groups attached to an aromatic ring is 1. The van der Waals surface area contributed by atoms with Crippen molar-refractivity contribution >= 4 is 34.7 Å². The van der Waals surface area contributed by atoms with Gasteiger partial charge in [-0.15, -0.1) is 0 Å². The molecular formula is C14H11Cl2NO. The minimum atomic E-state index is -0.125. The average molecular weight is 280 g/mol. The molecule has 0 bridgehead atoms. The molecule has 2 N–H and O–H groups in total. The Balaban J connectivity index is 2.41. The Kier molecular flexibility index (Phi) is 3.60. The number of hydrogen-bond donors (Lipinski definition) is 1. The molecule has 0 aliphatic heterocycles. The predicted molar refractivity (Wildman–Crippen MR) is 75.5 cm³/mol. The van der Waals surface area contributed by atoms with Gasteiger partial charge in [-0.05, 0) is 36.8 Å². The van der Waals surface area contributed by atoms with Crippen LogP contribution in [-0.2, 0) is 0 Å². The summed E-state index contributed by atoms with van der Waals surface area (Å²) < 4.78 is 0. The number of carbonyl (C=O) groups is 1. The van der Waals surface area contributed by atoms with Crippen LogP contribution in [0.25, 0.3) is 0 Å². The first-order chi connectivity index (χ1) is 8.49. The molecule has 18 heavy (non-hydrogen) atoms. The van der Waals surface area contributed by atoms with Crippen molar-refractivity contribution in [2.75, 3.05) is 5.73 Å². The lowest BCUT2D eigenvalue weighted by molar-refractivity contribution is 0.103. The molecule has 0 unspecified atom stereocenters. The Hall–Kier alpha value is -1.51. The summed E-state index contributed by atoms with van der Waals surface area (Å²) in [5.41, 5.74) is 8.04. The van der Waals surface area contributed by atoms with Gasteiger partial charge >= 0.3 is 0 Å². The van der Waals surface area contributed by atoms with Crippen molar-refractivity contribution in [1.29, 1.82) is 0 Å². The van der Waals surface area contributed by atoms with Gasteiger partial charge in [-0.25, -0.2) is 0 Å². The summed E-state index contributed by atoms with van der Waals surface area (Å²) >= 11 is 11.8. The minimum Gasteiger partial charge on any atom is -0.398 e. The lowest BCUT2D eigenvalue weighted by Gasteiger charge is -2.05. The fourth-order valence-corrected chi connectivity index (χ4v) is 1.88. The lowest BCUT2D eigenvalue weighted by atomic mass is 10.0. The highest BCUT2D eigenvalue weighted by atomic mass is 35.5. The zero-order chi connectivity index (χ0) is 13.3. The molecule has 0 atom stereocenters. The molecule has 0 fully saturated rings. The Morgan fingerprint density at radius 1 is 1.00 bits per heavy atom. The van der Waals surface area contributed by atoms with Crippen molar-refractivity contribution in [2.24, 2.45) is 0 Å². The standard InChI is InChI=1S/C14H11Cl2NO/c1-8-2-3-9(6-12(8)16)14(18)10-4-5-11(15)13(17)7-10/h2-7H,17H2,1H3. The smallest absolute Gasteiger partial charge is 0.193 e. The topological polar surface area (TPSA) is 43.1 Å². The Morgan fingerprint density at radius 3 is 2.22 bits per heavy atom. The van der Waals surface area contributed by atoms with E-state index in [4.69, 9.17) is 28.9 Å². The summed E-state index contributed by atoms with van der Waals surface area (Å²) in [5.74, 6) is -0.125. The fourth-order valence-electron chi connectivity index (χ4n) is 1.59. The van der Waals surface area contributed by atoms with Gasteiger partial charge in [0.15, 0.2) is 5.78 Å². The summed E-state index contributed by atoms with van der Waals surface area (Å²) in [5, 5.41) is 1.01. The maximum atomic E-state index is 12.2. The molecule has 0 amide bonds. The first-order valence-corrected chi connectivity index (χ1v) is 6.10. The zero-order valence-corrected chi connectivity index (χ0v) is 11.2. The van der Waals surface area contributed by atoms with E-state index in [-0.39, 0.29) is 5.78 Å². The quantitative estimate of drug-likeness (QED) is 0.664. The number of nitrogens with two attached hydrogens (primary N) is 1. The van der Waals surface area contributed by atoms with Gasteiger partial charge in [0.05, 0.1) is 10.7 Å². The van der Waals surface area contributed by atoms with Gasteiger partial charge in [0.1, 0.15) is 0 Å². The highest BCUT2D eigenvalue weighted by Crippen LogP contribution is 2.23. The number of benzene rings is 2. The largest absolute Gasteiger partial charge is 0.398 e. The molecule has 92 valence electrons. The molecule has 0 aliphatic carbocycles. The van der Waals surface area contributed by atoms with Gasteiger partial charge < -0.3 is 5.73 Å². The van der Waals surface area contributed by atoms with Crippen LogP contribution in [0.2, 0.25) is 10.0 Å². The molecule has 0 heterocycles. The molecule has 2 nitrogen and oxygen atoms in total. The Labute approximate surface area is 115 Å². The summed E-state index contributed by atoms with van der Waals surface area (Å²) in [4.78, 5) is 12.2. The molecule has 0 aliphatic rings. The normalized spacial score (nSPS) is 10.4. The maximum absolute atomic E-state index is 12.2. The second-order valence-corrected chi connectivity index (χ2v) is 4.84. The number of aryl methyl sites for hydroxylation is 1. The highest BCUT2D eigenvalue weighted by molar-refractivity contribution is 6.33. The van der Waals surface area contributed by atoms with Crippen LogP contribution in [-0.4, -0.2) is 5.78 Å². The molecule has 2 aromatic rings. The lowest BCUT2D eigenvalue weighted by Crippen LogP contribution is -2.02. The molecule has 2 rings (SSSR count). The van der Waals surface area contributed by atoms with Gasteiger partial charge in [0.2, 0.25) is 0 Å². The van der Waals surface area contributed by atoms with Crippen LogP contribution in [0.3, 0.4) is 0 Å². The monoisotopic (exact) mass is 279 g/mol. The average Bonchev–Trinajstić information content (AvgIpc) is 2.35. The van der Waals surface area contributed by atoms with Gasteiger partial charge in [-0.2, -0.15) is 0 Å². The van der Waals surface area contributed by atoms with Crippen LogP contribution in [0.1, 0.15) is 21.5 Å². The van der Waals surface area contributed by atoms with E-state index in [0.717, 1.165) is 5.56 Å². The summed E-state index contributed by atoms with van der Waals surface area (Å²) in [6.07, 6.45) is 0. The Bertz CT molecular complexity index is 570. The number of ketones is 1. The van der Waals surface area contributed by atoms with Crippen molar-refractivity contribution in [1.82, 2.24) is 0 Å². The SMILES string of the molecule is Cc1ccc(C(=O)c2ccc(Cl)c(N)c2)cc1Cl. The number of anilines is 1. The molecule has 0 spiro atoms. The van der Waals surface area contributed by atoms with Crippen molar-refractivity contribution in [3.05, 3.63) is 63.1 Å². The zero-order valence-electron chi connectivity index (χ0n) is 9.71. The summed E-state index contributed by atoms with van der Waals surface area (Å²) in [6.45, 7) is 1.89. The van der Waals surface area contributed by atoms with Crippen molar-refractivity contribution in [3.8, 4) is 0 Å². The number of hydrogen-bond acceptors (Lipinski definition) is 2. The van der Waals surface area contributed by atoms with E-state index in [1.807, 2.05) is 13.0 Å². The van der Waals surface area contributed by atoms with Crippen LogP contribution >= 0.6 is 23.2 Å². The van der Waals surface area contributed by atoms with Gasteiger partial charge in [-0.1, -0.05) is 35.3 Å². The first kappa shape index (κ1) is 12.9. The van der Waals surface area contributed by atoms with E-state index in [1.165, 1.54) is 0 Å².